The Kier molecular flexibility index (Phi) is 4.76. The summed E-state index contributed by atoms with van der Waals surface area (Å²) < 4.78 is 18.7. The largest absolute Gasteiger partial charge is 0.494 e. The molecule has 0 saturated carbocycles. The molecule has 0 bridgehead atoms. The molecule has 0 amide bonds. The van der Waals surface area contributed by atoms with Crippen molar-refractivity contribution in [3.63, 3.8) is 0 Å². The number of nitrogens with one attached hydrogen (secondary N) is 1. The first-order chi connectivity index (χ1) is 9.63. The Bertz CT molecular complexity index is 476. The van der Waals surface area contributed by atoms with Gasteiger partial charge in [-0.3, -0.25) is 4.79 Å². The number of hydrogen-bond donors (Lipinski definition) is 1. The van der Waals surface area contributed by atoms with E-state index in [9.17, 15) is 9.18 Å². The van der Waals surface area contributed by atoms with Gasteiger partial charge in [-0.05, 0) is 50.6 Å². The summed E-state index contributed by atoms with van der Waals surface area (Å²) in [6.45, 7) is 3.79. The topological polar surface area (TPSA) is 38.3 Å². The van der Waals surface area contributed by atoms with E-state index in [1.807, 2.05) is 0 Å². The van der Waals surface area contributed by atoms with Crippen molar-refractivity contribution in [3.05, 3.63) is 29.6 Å². The van der Waals surface area contributed by atoms with Crippen LogP contribution in [0, 0.1) is 11.2 Å². The summed E-state index contributed by atoms with van der Waals surface area (Å²) in [4.78, 5) is 12.8. The second kappa shape index (κ2) is 6.35. The van der Waals surface area contributed by atoms with Gasteiger partial charge in [-0.15, -0.1) is 0 Å². The van der Waals surface area contributed by atoms with E-state index in [1.165, 1.54) is 19.2 Å². The maximum atomic E-state index is 13.8. The van der Waals surface area contributed by atoms with Crippen LogP contribution in [0.4, 0.5) is 4.39 Å². The summed E-state index contributed by atoms with van der Waals surface area (Å²) in [5.74, 6) is -0.224. The highest BCUT2D eigenvalue weighted by Gasteiger charge is 2.39. The zero-order chi connectivity index (χ0) is 14.6. The van der Waals surface area contributed by atoms with Crippen LogP contribution in [-0.2, 0) is 0 Å². The second-order valence-corrected chi connectivity index (χ2v) is 5.46. The van der Waals surface area contributed by atoms with Crippen molar-refractivity contribution in [3.8, 4) is 5.75 Å². The number of rotatable bonds is 5. The minimum Gasteiger partial charge on any atom is -0.494 e. The maximum absolute atomic E-state index is 13.8. The monoisotopic (exact) mass is 279 g/mol. The quantitative estimate of drug-likeness (QED) is 0.841. The van der Waals surface area contributed by atoms with Crippen LogP contribution in [-0.4, -0.2) is 26.0 Å². The SMILES string of the molecule is CCCC1(C(=O)c2ccc(OC)c(F)c2)CCNCC1. The van der Waals surface area contributed by atoms with E-state index in [0.29, 0.717) is 5.56 Å². The van der Waals surface area contributed by atoms with Crippen LogP contribution in [0.2, 0.25) is 0 Å². The molecule has 1 aromatic rings. The number of carbonyl (C=O) groups excluding carboxylic acids is 1. The number of carbonyl (C=O) groups is 1. The van der Waals surface area contributed by atoms with Crippen LogP contribution in [0.3, 0.4) is 0 Å². The van der Waals surface area contributed by atoms with Crippen LogP contribution in [0.25, 0.3) is 0 Å². The van der Waals surface area contributed by atoms with E-state index in [0.717, 1.165) is 38.8 Å². The Morgan fingerprint density at radius 1 is 1.40 bits per heavy atom. The van der Waals surface area contributed by atoms with Gasteiger partial charge in [-0.25, -0.2) is 4.39 Å². The molecule has 1 N–H and O–H groups in total. The Morgan fingerprint density at radius 2 is 2.10 bits per heavy atom. The Labute approximate surface area is 119 Å². The van der Waals surface area contributed by atoms with Crippen LogP contribution in [0.5, 0.6) is 5.75 Å². The number of Topliss-reactive ketones (excluding diaryl/α,β-unsaturated/α-hetero) is 1. The van der Waals surface area contributed by atoms with E-state index >= 15 is 0 Å². The molecule has 20 heavy (non-hydrogen) atoms. The van der Waals surface area contributed by atoms with Gasteiger partial charge in [0.25, 0.3) is 0 Å². The summed E-state index contributed by atoms with van der Waals surface area (Å²) in [6, 6.07) is 4.51. The minimum absolute atomic E-state index is 0.0717. The molecule has 1 aliphatic heterocycles. The van der Waals surface area contributed by atoms with Gasteiger partial charge >= 0.3 is 0 Å². The van der Waals surface area contributed by atoms with Crippen molar-refractivity contribution in [1.29, 1.82) is 0 Å². The first kappa shape index (κ1) is 15.0. The van der Waals surface area contributed by atoms with Crippen molar-refractivity contribution < 1.29 is 13.9 Å². The lowest BCUT2D eigenvalue weighted by Gasteiger charge is -2.36. The lowest BCUT2D eigenvalue weighted by atomic mass is 9.70. The molecule has 0 aliphatic carbocycles. The first-order valence-corrected chi connectivity index (χ1v) is 7.22. The van der Waals surface area contributed by atoms with Crippen molar-refractivity contribution in [1.82, 2.24) is 5.32 Å². The molecular formula is C16H22FNO2. The third kappa shape index (κ3) is 2.85. The smallest absolute Gasteiger partial charge is 0.169 e. The summed E-state index contributed by atoms with van der Waals surface area (Å²) in [6.07, 6.45) is 3.48. The molecule has 4 heteroatoms. The highest BCUT2D eigenvalue weighted by Crippen LogP contribution is 2.38. The standard InChI is InChI=1S/C16H22FNO2/c1-3-6-16(7-9-18-10-8-16)15(19)12-4-5-14(20-2)13(17)11-12/h4-5,11,18H,3,6-10H2,1-2H3. The van der Waals surface area contributed by atoms with Gasteiger partial charge in [-0.2, -0.15) is 0 Å². The first-order valence-electron chi connectivity index (χ1n) is 7.22. The molecule has 1 fully saturated rings. The number of piperidine rings is 1. The van der Waals surface area contributed by atoms with E-state index in [-0.39, 0.29) is 16.9 Å². The Balaban J connectivity index is 2.29. The number of ether oxygens (including phenoxy) is 1. The number of ketones is 1. The van der Waals surface area contributed by atoms with Crippen molar-refractivity contribution in [2.75, 3.05) is 20.2 Å². The van der Waals surface area contributed by atoms with Crippen LogP contribution < -0.4 is 10.1 Å². The second-order valence-electron chi connectivity index (χ2n) is 5.46. The molecular weight excluding hydrogens is 257 g/mol. The van der Waals surface area contributed by atoms with Gasteiger partial charge in [0.15, 0.2) is 17.3 Å². The van der Waals surface area contributed by atoms with Crippen LogP contribution >= 0.6 is 0 Å². The normalized spacial score (nSPS) is 17.8. The molecule has 1 aliphatic rings. The van der Waals surface area contributed by atoms with Crippen LogP contribution in [0.15, 0.2) is 18.2 Å². The minimum atomic E-state index is -0.473. The van der Waals surface area contributed by atoms with Crippen molar-refractivity contribution in [2.45, 2.75) is 32.6 Å². The van der Waals surface area contributed by atoms with Gasteiger partial charge in [0.2, 0.25) is 0 Å². The van der Waals surface area contributed by atoms with Gasteiger partial charge in [0.05, 0.1) is 7.11 Å². The molecule has 0 aromatic heterocycles. The Morgan fingerprint density at radius 3 is 2.65 bits per heavy atom. The summed E-state index contributed by atoms with van der Waals surface area (Å²) in [7, 11) is 1.42. The molecule has 1 heterocycles. The summed E-state index contributed by atoms with van der Waals surface area (Å²) >= 11 is 0. The fourth-order valence-electron chi connectivity index (χ4n) is 3.09. The fraction of sp³-hybridized carbons (Fsp3) is 0.562. The average Bonchev–Trinajstić information content (AvgIpc) is 2.47. The molecule has 1 saturated heterocycles. The summed E-state index contributed by atoms with van der Waals surface area (Å²) in [5.41, 5.74) is 0.125. The average molecular weight is 279 g/mol. The predicted octanol–water partition coefficient (Wildman–Crippen LogP) is 3.19. The Hall–Kier alpha value is -1.42. The molecule has 2 rings (SSSR count). The van der Waals surface area contributed by atoms with Gasteiger partial charge in [0.1, 0.15) is 0 Å². The van der Waals surface area contributed by atoms with Crippen molar-refractivity contribution in [2.24, 2.45) is 5.41 Å². The maximum Gasteiger partial charge on any atom is 0.169 e. The van der Waals surface area contributed by atoms with E-state index in [4.69, 9.17) is 4.74 Å². The number of methoxy groups -OCH3 is 1. The summed E-state index contributed by atoms with van der Waals surface area (Å²) in [5, 5.41) is 3.29. The lowest BCUT2D eigenvalue weighted by Crippen LogP contribution is -2.42. The third-order valence-electron chi connectivity index (χ3n) is 4.18. The zero-order valence-electron chi connectivity index (χ0n) is 12.2. The van der Waals surface area contributed by atoms with E-state index in [2.05, 4.69) is 12.2 Å². The van der Waals surface area contributed by atoms with Crippen LogP contribution in [0.1, 0.15) is 43.0 Å². The zero-order valence-corrected chi connectivity index (χ0v) is 12.2. The third-order valence-corrected chi connectivity index (χ3v) is 4.18. The number of halogens is 1. The fourth-order valence-corrected chi connectivity index (χ4v) is 3.09. The lowest BCUT2D eigenvalue weighted by molar-refractivity contribution is 0.0704. The highest BCUT2D eigenvalue weighted by molar-refractivity contribution is 6.00. The van der Waals surface area contributed by atoms with Crippen molar-refractivity contribution >= 4 is 5.78 Å². The molecule has 0 unspecified atom stereocenters. The predicted molar refractivity (Wildman–Crippen MR) is 76.7 cm³/mol. The number of benzene rings is 1. The van der Waals surface area contributed by atoms with E-state index in [1.54, 1.807) is 6.07 Å². The van der Waals surface area contributed by atoms with Gasteiger partial charge in [0, 0.05) is 11.0 Å². The molecule has 1 aromatic carbocycles. The number of hydrogen-bond acceptors (Lipinski definition) is 3. The van der Waals surface area contributed by atoms with Gasteiger partial charge < -0.3 is 10.1 Å². The molecule has 0 spiro atoms. The molecule has 0 radical (unpaired) electrons. The highest BCUT2D eigenvalue weighted by atomic mass is 19.1. The van der Waals surface area contributed by atoms with E-state index < -0.39 is 5.82 Å². The molecule has 3 nitrogen and oxygen atoms in total. The van der Waals surface area contributed by atoms with Gasteiger partial charge in [-0.1, -0.05) is 13.3 Å². The molecule has 0 atom stereocenters. The molecule has 110 valence electrons.